The number of anilines is 1. The molecule has 1 aliphatic rings. The molecule has 2 N–H and O–H groups in total. The topological polar surface area (TPSA) is 29.3 Å². The molecule has 0 aliphatic heterocycles. The number of benzene rings is 1. The van der Waals surface area contributed by atoms with E-state index in [1.54, 1.807) is 0 Å². The molecule has 1 saturated carbocycles. The summed E-state index contributed by atoms with van der Waals surface area (Å²) in [6.45, 7) is 4.43. The predicted octanol–water partition coefficient (Wildman–Crippen LogP) is 4.03. The van der Waals surface area contributed by atoms with Gasteiger partial charge in [-0.2, -0.15) is 0 Å². The van der Waals surface area contributed by atoms with Gasteiger partial charge in [0, 0.05) is 24.3 Å². The summed E-state index contributed by atoms with van der Waals surface area (Å²) in [4.78, 5) is 2.89. The number of thiocarbonyl (C=S) groups is 1. The number of nitrogens with zero attached hydrogens (tertiary/aromatic N) is 1. The Bertz CT molecular complexity index is 476. The average molecular weight is 290 g/mol. The minimum atomic E-state index is 0.495. The molecule has 2 rings (SSSR count). The summed E-state index contributed by atoms with van der Waals surface area (Å²) < 4.78 is 0. The minimum absolute atomic E-state index is 0.495. The summed E-state index contributed by atoms with van der Waals surface area (Å²) >= 11 is 5.20. The molecular weight excluding hydrogens is 264 g/mol. The van der Waals surface area contributed by atoms with Crippen LogP contribution >= 0.6 is 12.2 Å². The molecule has 1 aromatic carbocycles. The Hall–Kier alpha value is -1.09. The Morgan fingerprint density at radius 3 is 2.50 bits per heavy atom. The molecule has 110 valence electrons. The SMILES string of the molecule is CCC1CCC(N(C)c2cc(C)ccc2C(N)=S)CC1. The zero-order valence-electron chi connectivity index (χ0n) is 12.9. The van der Waals surface area contributed by atoms with Gasteiger partial charge < -0.3 is 10.6 Å². The van der Waals surface area contributed by atoms with Crippen LogP contribution in [0.25, 0.3) is 0 Å². The van der Waals surface area contributed by atoms with Crippen LogP contribution in [0, 0.1) is 12.8 Å². The van der Waals surface area contributed by atoms with E-state index in [1.165, 1.54) is 43.4 Å². The first kappa shape index (κ1) is 15.3. The van der Waals surface area contributed by atoms with Crippen LogP contribution in [0.2, 0.25) is 0 Å². The van der Waals surface area contributed by atoms with Crippen molar-refractivity contribution in [3.05, 3.63) is 29.3 Å². The molecule has 0 radical (unpaired) electrons. The molecule has 0 amide bonds. The molecule has 0 spiro atoms. The Labute approximate surface area is 128 Å². The highest BCUT2D eigenvalue weighted by atomic mass is 32.1. The summed E-state index contributed by atoms with van der Waals surface area (Å²) in [5.74, 6) is 0.923. The standard InChI is InChI=1S/C17H26N2S/c1-4-13-6-8-14(9-7-13)19(3)16-11-12(2)5-10-15(16)17(18)20/h5,10-11,13-14H,4,6-9H2,1-3H3,(H2,18,20). The molecule has 3 heteroatoms. The minimum Gasteiger partial charge on any atom is -0.389 e. The van der Waals surface area contributed by atoms with E-state index < -0.39 is 0 Å². The lowest BCUT2D eigenvalue weighted by molar-refractivity contribution is 0.313. The van der Waals surface area contributed by atoms with Crippen LogP contribution in [0.15, 0.2) is 18.2 Å². The smallest absolute Gasteiger partial charge is 0.106 e. The van der Waals surface area contributed by atoms with E-state index in [2.05, 4.69) is 44.0 Å². The lowest BCUT2D eigenvalue weighted by Gasteiger charge is -2.36. The van der Waals surface area contributed by atoms with Crippen molar-refractivity contribution in [3.8, 4) is 0 Å². The predicted molar refractivity (Wildman–Crippen MR) is 91.5 cm³/mol. The lowest BCUT2D eigenvalue weighted by Crippen LogP contribution is -2.36. The van der Waals surface area contributed by atoms with Gasteiger partial charge in [0.1, 0.15) is 4.99 Å². The number of nitrogens with two attached hydrogens (primary N) is 1. The summed E-state index contributed by atoms with van der Waals surface area (Å²) in [6, 6.07) is 6.97. The second-order valence-electron chi connectivity index (χ2n) is 6.08. The second-order valence-corrected chi connectivity index (χ2v) is 6.52. The van der Waals surface area contributed by atoms with E-state index >= 15 is 0 Å². The van der Waals surface area contributed by atoms with E-state index in [4.69, 9.17) is 18.0 Å². The molecular formula is C17H26N2S. The quantitative estimate of drug-likeness (QED) is 0.849. The number of aryl methyl sites for hydroxylation is 1. The van der Waals surface area contributed by atoms with Crippen molar-refractivity contribution >= 4 is 22.9 Å². The monoisotopic (exact) mass is 290 g/mol. The lowest BCUT2D eigenvalue weighted by atomic mass is 9.84. The van der Waals surface area contributed by atoms with Gasteiger partial charge in [0.25, 0.3) is 0 Å². The fraction of sp³-hybridized carbons (Fsp3) is 0.588. The fourth-order valence-electron chi connectivity index (χ4n) is 3.28. The first-order valence-electron chi connectivity index (χ1n) is 7.66. The fourth-order valence-corrected chi connectivity index (χ4v) is 3.45. The van der Waals surface area contributed by atoms with Crippen molar-refractivity contribution in [2.24, 2.45) is 11.7 Å². The van der Waals surface area contributed by atoms with Gasteiger partial charge in [-0.15, -0.1) is 0 Å². The first-order chi connectivity index (χ1) is 9.52. The Balaban J connectivity index is 2.18. The van der Waals surface area contributed by atoms with E-state index in [9.17, 15) is 0 Å². The Morgan fingerprint density at radius 2 is 1.95 bits per heavy atom. The van der Waals surface area contributed by atoms with Gasteiger partial charge in [-0.25, -0.2) is 0 Å². The molecule has 0 unspecified atom stereocenters. The number of rotatable bonds is 4. The maximum Gasteiger partial charge on any atom is 0.106 e. The zero-order valence-corrected chi connectivity index (χ0v) is 13.7. The van der Waals surface area contributed by atoms with Crippen molar-refractivity contribution < 1.29 is 0 Å². The average Bonchev–Trinajstić information content (AvgIpc) is 2.46. The van der Waals surface area contributed by atoms with Crippen LogP contribution in [-0.2, 0) is 0 Å². The summed E-state index contributed by atoms with van der Waals surface area (Å²) in [5.41, 5.74) is 9.34. The maximum absolute atomic E-state index is 5.88. The highest BCUT2D eigenvalue weighted by Gasteiger charge is 2.24. The molecule has 1 fully saturated rings. The first-order valence-corrected chi connectivity index (χ1v) is 8.07. The molecule has 0 aromatic heterocycles. The number of hydrogen-bond acceptors (Lipinski definition) is 2. The summed E-state index contributed by atoms with van der Waals surface area (Å²) in [6.07, 6.45) is 6.57. The Kier molecular flexibility index (Phi) is 5.03. The van der Waals surface area contributed by atoms with Gasteiger partial charge >= 0.3 is 0 Å². The van der Waals surface area contributed by atoms with Gasteiger partial charge in [-0.3, -0.25) is 0 Å². The maximum atomic E-state index is 5.88. The van der Waals surface area contributed by atoms with Gasteiger partial charge in [-0.1, -0.05) is 31.6 Å². The normalized spacial score (nSPS) is 22.6. The van der Waals surface area contributed by atoms with E-state index in [0.717, 1.165) is 11.5 Å². The second kappa shape index (κ2) is 6.57. The van der Waals surface area contributed by atoms with E-state index in [0.29, 0.717) is 11.0 Å². The van der Waals surface area contributed by atoms with Crippen LogP contribution in [0.5, 0.6) is 0 Å². The van der Waals surface area contributed by atoms with Crippen molar-refractivity contribution in [3.63, 3.8) is 0 Å². The van der Waals surface area contributed by atoms with Gasteiger partial charge in [0.2, 0.25) is 0 Å². The van der Waals surface area contributed by atoms with Gasteiger partial charge in [0.05, 0.1) is 0 Å². The van der Waals surface area contributed by atoms with E-state index in [-0.39, 0.29) is 0 Å². The van der Waals surface area contributed by atoms with Crippen molar-refractivity contribution in [2.75, 3.05) is 11.9 Å². The molecule has 0 heterocycles. The van der Waals surface area contributed by atoms with Crippen molar-refractivity contribution in [1.29, 1.82) is 0 Å². The van der Waals surface area contributed by atoms with Crippen LogP contribution in [0.3, 0.4) is 0 Å². The molecule has 1 aliphatic carbocycles. The number of hydrogen-bond donors (Lipinski definition) is 1. The molecule has 1 aromatic rings. The molecule has 0 atom stereocenters. The third kappa shape index (κ3) is 3.32. The third-order valence-electron chi connectivity index (χ3n) is 4.74. The van der Waals surface area contributed by atoms with Crippen LogP contribution in [-0.4, -0.2) is 18.1 Å². The third-order valence-corrected chi connectivity index (χ3v) is 4.96. The highest BCUT2D eigenvalue weighted by molar-refractivity contribution is 7.80. The molecule has 20 heavy (non-hydrogen) atoms. The van der Waals surface area contributed by atoms with Gasteiger partial charge in [0.15, 0.2) is 0 Å². The molecule has 0 bridgehead atoms. The summed E-state index contributed by atoms with van der Waals surface area (Å²) in [7, 11) is 2.19. The van der Waals surface area contributed by atoms with Gasteiger partial charge in [-0.05, 0) is 56.2 Å². The zero-order chi connectivity index (χ0) is 14.7. The van der Waals surface area contributed by atoms with Crippen molar-refractivity contribution in [1.82, 2.24) is 0 Å². The van der Waals surface area contributed by atoms with Crippen LogP contribution in [0.1, 0.15) is 50.2 Å². The van der Waals surface area contributed by atoms with E-state index in [1.807, 2.05) is 0 Å². The molecule has 0 saturated heterocycles. The largest absolute Gasteiger partial charge is 0.389 e. The molecule has 2 nitrogen and oxygen atoms in total. The summed E-state index contributed by atoms with van der Waals surface area (Å²) in [5, 5.41) is 0. The van der Waals surface area contributed by atoms with Crippen LogP contribution < -0.4 is 10.6 Å². The van der Waals surface area contributed by atoms with Crippen molar-refractivity contribution in [2.45, 2.75) is 52.0 Å². The Morgan fingerprint density at radius 1 is 1.30 bits per heavy atom. The highest BCUT2D eigenvalue weighted by Crippen LogP contribution is 2.32. The van der Waals surface area contributed by atoms with Crippen LogP contribution in [0.4, 0.5) is 5.69 Å².